The van der Waals surface area contributed by atoms with E-state index in [4.69, 9.17) is 10.5 Å². The number of para-hydroxylation sites is 1. The van der Waals surface area contributed by atoms with Gasteiger partial charge in [-0.2, -0.15) is 0 Å². The third-order valence-electron chi connectivity index (χ3n) is 3.19. The van der Waals surface area contributed by atoms with Crippen molar-refractivity contribution in [1.82, 2.24) is 9.88 Å². The second-order valence-corrected chi connectivity index (χ2v) is 4.92. The Kier molecular flexibility index (Phi) is 6.39. The molecule has 2 rings (SSSR count). The minimum absolute atomic E-state index is 0.0227. The van der Waals surface area contributed by atoms with E-state index < -0.39 is 0 Å². The molecule has 1 heterocycles. The van der Waals surface area contributed by atoms with E-state index in [-0.39, 0.29) is 12.5 Å². The fourth-order valence-corrected chi connectivity index (χ4v) is 2.04. The average molecular weight is 299 g/mol. The molecule has 5 heteroatoms. The van der Waals surface area contributed by atoms with Crippen LogP contribution in [0.5, 0.6) is 5.75 Å². The Morgan fingerprint density at radius 2 is 2.00 bits per heavy atom. The number of nitrogens with zero attached hydrogens (tertiary/aromatic N) is 2. The van der Waals surface area contributed by atoms with Crippen LogP contribution >= 0.6 is 0 Å². The van der Waals surface area contributed by atoms with Crippen LogP contribution in [-0.4, -0.2) is 35.5 Å². The van der Waals surface area contributed by atoms with Gasteiger partial charge in [-0.15, -0.1) is 0 Å². The Morgan fingerprint density at radius 1 is 1.18 bits per heavy atom. The Hall–Kier alpha value is -2.40. The first kappa shape index (κ1) is 16.0. The van der Waals surface area contributed by atoms with Gasteiger partial charge in [-0.1, -0.05) is 24.3 Å². The molecule has 0 saturated heterocycles. The molecule has 0 aliphatic carbocycles. The number of rotatable bonds is 8. The topological polar surface area (TPSA) is 68.5 Å². The lowest BCUT2D eigenvalue weighted by molar-refractivity contribution is -0.134. The van der Waals surface area contributed by atoms with Gasteiger partial charge in [0.1, 0.15) is 5.75 Å². The van der Waals surface area contributed by atoms with Crippen LogP contribution in [0, 0.1) is 0 Å². The van der Waals surface area contributed by atoms with Crippen LogP contribution in [0.15, 0.2) is 54.9 Å². The number of ether oxygens (including phenoxy) is 1. The number of hydrogen-bond acceptors (Lipinski definition) is 4. The van der Waals surface area contributed by atoms with E-state index in [1.165, 1.54) is 0 Å². The van der Waals surface area contributed by atoms with Gasteiger partial charge in [0, 0.05) is 25.5 Å². The van der Waals surface area contributed by atoms with E-state index in [9.17, 15) is 4.79 Å². The summed E-state index contributed by atoms with van der Waals surface area (Å²) in [6, 6.07) is 13.1. The second-order valence-electron chi connectivity index (χ2n) is 4.92. The van der Waals surface area contributed by atoms with Crippen LogP contribution in [0.2, 0.25) is 0 Å². The summed E-state index contributed by atoms with van der Waals surface area (Å²) >= 11 is 0. The van der Waals surface area contributed by atoms with Crippen LogP contribution in [0.25, 0.3) is 0 Å². The third kappa shape index (κ3) is 5.18. The smallest absolute Gasteiger partial charge is 0.260 e. The van der Waals surface area contributed by atoms with Crippen molar-refractivity contribution in [3.63, 3.8) is 0 Å². The summed E-state index contributed by atoms with van der Waals surface area (Å²) in [7, 11) is 0. The maximum atomic E-state index is 12.4. The first-order chi connectivity index (χ1) is 10.8. The molecule has 0 radical (unpaired) electrons. The lowest BCUT2D eigenvalue weighted by atomic mass is 10.2. The summed E-state index contributed by atoms with van der Waals surface area (Å²) in [5.74, 6) is 0.636. The van der Waals surface area contributed by atoms with Crippen molar-refractivity contribution in [1.29, 1.82) is 0 Å². The molecule has 1 aromatic heterocycles. The maximum absolute atomic E-state index is 12.4. The molecular formula is C17H21N3O2. The molecule has 0 bridgehead atoms. The van der Waals surface area contributed by atoms with Crippen molar-refractivity contribution in [2.45, 2.75) is 13.0 Å². The highest BCUT2D eigenvalue weighted by Gasteiger charge is 2.14. The quantitative estimate of drug-likeness (QED) is 0.807. The van der Waals surface area contributed by atoms with E-state index in [2.05, 4.69) is 4.98 Å². The minimum atomic E-state index is -0.0545. The van der Waals surface area contributed by atoms with Gasteiger partial charge in [0.25, 0.3) is 5.91 Å². The van der Waals surface area contributed by atoms with Crippen molar-refractivity contribution in [2.24, 2.45) is 5.73 Å². The standard InChI is InChI=1S/C17H21N3O2/c18-9-5-11-20(13-15-6-4-10-19-12-15)17(21)14-22-16-7-2-1-3-8-16/h1-4,6-8,10,12H,5,9,11,13-14,18H2. The zero-order valence-corrected chi connectivity index (χ0v) is 12.5. The van der Waals surface area contributed by atoms with Gasteiger partial charge in [-0.05, 0) is 36.7 Å². The van der Waals surface area contributed by atoms with E-state index in [0.717, 1.165) is 12.0 Å². The number of nitrogens with two attached hydrogens (primary N) is 1. The Labute approximate surface area is 130 Å². The van der Waals surface area contributed by atoms with Crippen LogP contribution in [0.1, 0.15) is 12.0 Å². The van der Waals surface area contributed by atoms with Gasteiger partial charge in [0.15, 0.2) is 6.61 Å². The van der Waals surface area contributed by atoms with Crippen molar-refractivity contribution < 1.29 is 9.53 Å². The van der Waals surface area contributed by atoms with Crippen LogP contribution in [0.4, 0.5) is 0 Å². The van der Waals surface area contributed by atoms with E-state index in [1.54, 1.807) is 17.3 Å². The van der Waals surface area contributed by atoms with E-state index >= 15 is 0 Å². The number of carbonyl (C=O) groups excluding carboxylic acids is 1. The zero-order chi connectivity index (χ0) is 15.6. The molecular weight excluding hydrogens is 278 g/mol. The first-order valence-electron chi connectivity index (χ1n) is 7.34. The van der Waals surface area contributed by atoms with Gasteiger partial charge in [-0.25, -0.2) is 0 Å². The van der Waals surface area contributed by atoms with Gasteiger partial charge >= 0.3 is 0 Å². The number of amides is 1. The Morgan fingerprint density at radius 3 is 2.68 bits per heavy atom. The molecule has 0 aliphatic heterocycles. The van der Waals surface area contributed by atoms with Crippen molar-refractivity contribution in [3.8, 4) is 5.75 Å². The molecule has 2 aromatic rings. The van der Waals surface area contributed by atoms with Crippen LogP contribution in [-0.2, 0) is 11.3 Å². The zero-order valence-electron chi connectivity index (χ0n) is 12.5. The lowest BCUT2D eigenvalue weighted by Crippen LogP contribution is -2.36. The van der Waals surface area contributed by atoms with Crippen molar-refractivity contribution in [3.05, 3.63) is 60.4 Å². The monoisotopic (exact) mass is 299 g/mol. The van der Waals surface area contributed by atoms with Gasteiger partial charge in [-0.3, -0.25) is 9.78 Å². The fraction of sp³-hybridized carbons (Fsp3) is 0.294. The molecule has 0 aliphatic rings. The van der Waals surface area contributed by atoms with Crippen molar-refractivity contribution in [2.75, 3.05) is 19.7 Å². The Bertz CT molecular complexity index is 561. The predicted octanol–water partition coefficient (Wildman–Crippen LogP) is 1.84. The molecule has 22 heavy (non-hydrogen) atoms. The molecule has 0 unspecified atom stereocenters. The van der Waals surface area contributed by atoms with Gasteiger partial charge < -0.3 is 15.4 Å². The molecule has 116 valence electrons. The largest absolute Gasteiger partial charge is 0.484 e. The van der Waals surface area contributed by atoms with Crippen LogP contribution < -0.4 is 10.5 Å². The second kappa shape index (κ2) is 8.79. The summed E-state index contributed by atoms with van der Waals surface area (Å²) < 4.78 is 5.53. The highest BCUT2D eigenvalue weighted by Crippen LogP contribution is 2.09. The number of benzene rings is 1. The summed E-state index contributed by atoms with van der Waals surface area (Å²) in [5, 5.41) is 0. The van der Waals surface area contributed by atoms with Gasteiger partial charge in [0.2, 0.25) is 0 Å². The predicted molar refractivity (Wildman–Crippen MR) is 85.3 cm³/mol. The summed E-state index contributed by atoms with van der Waals surface area (Å²) in [6.45, 7) is 1.71. The average Bonchev–Trinajstić information content (AvgIpc) is 2.58. The normalized spacial score (nSPS) is 10.2. The molecule has 2 N–H and O–H groups in total. The number of hydrogen-bond donors (Lipinski definition) is 1. The number of pyridine rings is 1. The highest BCUT2D eigenvalue weighted by atomic mass is 16.5. The molecule has 1 amide bonds. The summed E-state index contributed by atoms with van der Waals surface area (Å²) in [5.41, 5.74) is 6.55. The maximum Gasteiger partial charge on any atom is 0.260 e. The van der Waals surface area contributed by atoms with Crippen molar-refractivity contribution >= 4 is 5.91 Å². The number of carbonyl (C=O) groups is 1. The molecule has 0 atom stereocenters. The molecule has 5 nitrogen and oxygen atoms in total. The molecule has 0 fully saturated rings. The Balaban J connectivity index is 1.93. The number of aromatic nitrogens is 1. The van der Waals surface area contributed by atoms with E-state index in [1.807, 2.05) is 42.5 Å². The molecule has 1 aromatic carbocycles. The van der Waals surface area contributed by atoms with Gasteiger partial charge in [0.05, 0.1) is 0 Å². The summed E-state index contributed by atoms with van der Waals surface area (Å²) in [4.78, 5) is 18.2. The minimum Gasteiger partial charge on any atom is -0.484 e. The molecule has 0 spiro atoms. The third-order valence-corrected chi connectivity index (χ3v) is 3.19. The fourth-order valence-electron chi connectivity index (χ4n) is 2.04. The highest BCUT2D eigenvalue weighted by molar-refractivity contribution is 5.77. The first-order valence-corrected chi connectivity index (χ1v) is 7.34. The van der Waals surface area contributed by atoms with Crippen LogP contribution in [0.3, 0.4) is 0 Å². The van der Waals surface area contributed by atoms with E-state index in [0.29, 0.717) is 25.4 Å². The SMILES string of the molecule is NCCCN(Cc1cccnc1)C(=O)COc1ccccc1. The molecule has 0 saturated carbocycles. The lowest BCUT2D eigenvalue weighted by Gasteiger charge is -2.22. The summed E-state index contributed by atoms with van der Waals surface area (Å²) in [6.07, 6.45) is 4.24.